The van der Waals surface area contributed by atoms with Crippen molar-refractivity contribution in [3.63, 3.8) is 0 Å². The van der Waals surface area contributed by atoms with Crippen molar-refractivity contribution in [3.05, 3.63) is 71.8 Å². The first kappa shape index (κ1) is 17.9. The molecule has 0 saturated carbocycles. The molecule has 1 N–H and O–H groups in total. The summed E-state index contributed by atoms with van der Waals surface area (Å²) in [6.45, 7) is 1.11. The Balaban J connectivity index is 0.000000463. The van der Waals surface area contributed by atoms with Crippen molar-refractivity contribution >= 4 is 17.9 Å². The van der Waals surface area contributed by atoms with Gasteiger partial charge in [0.25, 0.3) is 0 Å². The van der Waals surface area contributed by atoms with Crippen molar-refractivity contribution in [3.8, 4) is 0 Å². The van der Waals surface area contributed by atoms with Gasteiger partial charge in [0.2, 0.25) is 0 Å². The highest BCUT2D eigenvalue weighted by atomic mass is 17.2. The topological polar surface area (TPSA) is 99.1 Å². The van der Waals surface area contributed by atoms with Gasteiger partial charge in [0.1, 0.15) is 0 Å². The summed E-state index contributed by atoms with van der Waals surface area (Å²) in [6.07, 6.45) is 0. The van der Waals surface area contributed by atoms with Crippen LogP contribution in [0.15, 0.2) is 60.7 Å². The Kier molecular flexibility index (Phi) is 7.53. The maximum absolute atomic E-state index is 11.5. The molecule has 0 bridgehead atoms. The highest BCUT2D eigenvalue weighted by molar-refractivity contribution is 5.92. The van der Waals surface area contributed by atoms with Crippen LogP contribution in [0.4, 0.5) is 0 Å². The van der Waals surface area contributed by atoms with E-state index in [2.05, 4.69) is 14.7 Å². The van der Waals surface area contributed by atoms with Gasteiger partial charge in [0, 0.05) is 6.92 Å². The Hall–Kier alpha value is -3.19. The van der Waals surface area contributed by atoms with E-state index in [-0.39, 0.29) is 0 Å². The minimum Gasteiger partial charge on any atom is -0.301 e. The molecule has 0 fully saturated rings. The molecule has 7 nitrogen and oxygen atoms in total. The fourth-order valence-electron chi connectivity index (χ4n) is 1.32. The van der Waals surface area contributed by atoms with Crippen molar-refractivity contribution in [1.82, 2.24) is 0 Å². The molecule has 0 saturated heterocycles. The fourth-order valence-corrected chi connectivity index (χ4v) is 1.32. The first-order valence-electron chi connectivity index (χ1n) is 6.40. The van der Waals surface area contributed by atoms with Crippen molar-refractivity contribution in [2.45, 2.75) is 6.92 Å². The zero-order valence-electron chi connectivity index (χ0n) is 12.2. The molecule has 2 aromatic rings. The molecule has 0 aromatic heterocycles. The third kappa shape index (κ3) is 6.87. The lowest BCUT2D eigenvalue weighted by Gasteiger charge is -2.02. The quantitative estimate of drug-likeness (QED) is 0.671. The largest absolute Gasteiger partial charge is 0.386 e. The summed E-state index contributed by atoms with van der Waals surface area (Å²) < 4.78 is 0. The summed E-state index contributed by atoms with van der Waals surface area (Å²) in [4.78, 5) is 44.3. The summed E-state index contributed by atoms with van der Waals surface area (Å²) in [7, 11) is 0. The molecule has 120 valence electrons. The summed E-state index contributed by atoms with van der Waals surface area (Å²) in [5.74, 6) is -2.11. The molecule has 0 unspecified atom stereocenters. The lowest BCUT2D eigenvalue weighted by molar-refractivity contribution is -0.231. The number of rotatable bonds is 2. The van der Waals surface area contributed by atoms with Crippen LogP contribution < -0.4 is 0 Å². The number of hydrogen-bond acceptors (Lipinski definition) is 7. The van der Waals surface area contributed by atoms with Gasteiger partial charge in [-0.2, -0.15) is 5.26 Å². The van der Waals surface area contributed by atoms with E-state index < -0.39 is 17.9 Å². The average molecular weight is 318 g/mol. The van der Waals surface area contributed by atoms with Gasteiger partial charge < -0.3 is 4.89 Å². The van der Waals surface area contributed by atoms with Crippen molar-refractivity contribution in [2.75, 3.05) is 0 Å². The first-order valence-corrected chi connectivity index (χ1v) is 6.40. The minimum absolute atomic E-state index is 0.318. The van der Waals surface area contributed by atoms with E-state index in [0.717, 1.165) is 6.92 Å². The molecule has 0 radical (unpaired) electrons. The standard InChI is InChI=1S/C14H10O4.C2H4O3/c15-13(11-7-3-1-4-8-11)17-18-14(16)12-9-5-2-6-10-12;1-2(3)5-4/h1-10H;4H,1H3. The third-order valence-electron chi connectivity index (χ3n) is 2.34. The number of carbonyl (C=O) groups is 3. The Bertz CT molecular complexity index is 586. The normalized spacial score (nSPS) is 8.96. The minimum atomic E-state index is -0.708. The molecular weight excluding hydrogens is 304 g/mol. The second kappa shape index (κ2) is 9.69. The van der Waals surface area contributed by atoms with Crippen LogP contribution in [0.3, 0.4) is 0 Å². The van der Waals surface area contributed by atoms with Crippen LogP contribution in [0.25, 0.3) is 0 Å². The molecule has 0 heterocycles. The molecule has 23 heavy (non-hydrogen) atoms. The second-order valence-electron chi connectivity index (χ2n) is 4.06. The Morgan fingerprint density at radius 1 is 0.739 bits per heavy atom. The van der Waals surface area contributed by atoms with E-state index in [0.29, 0.717) is 11.1 Å². The van der Waals surface area contributed by atoms with Crippen molar-refractivity contribution in [2.24, 2.45) is 0 Å². The van der Waals surface area contributed by atoms with Gasteiger partial charge in [0.15, 0.2) is 0 Å². The van der Waals surface area contributed by atoms with Gasteiger partial charge in [-0.15, -0.1) is 0 Å². The van der Waals surface area contributed by atoms with Crippen LogP contribution >= 0.6 is 0 Å². The van der Waals surface area contributed by atoms with Crippen LogP contribution in [0, 0.1) is 0 Å². The van der Waals surface area contributed by atoms with E-state index in [1.165, 1.54) is 0 Å². The van der Waals surface area contributed by atoms with Crippen LogP contribution in [-0.4, -0.2) is 23.2 Å². The molecule has 0 amide bonds. The Morgan fingerprint density at radius 2 is 1.04 bits per heavy atom. The zero-order valence-corrected chi connectivity index (χ0v) is 12.2. The smallest absolute Gasteiger partial charge is 0.301 e. The molecule has 0 aliphatic rings. The van der Waals surface area contributed by atoms with E-state index in [1.807, 2.05) is 0 Å². The Morgan fingerprint density at radius 3 is 1.30 bits per heavy atom. The summed E-state index contributed by atoms with van der Waals surface area (Å²) >= 11 is 0. The summed E-state index contributed by atoms with van der Waals surface area (Å²) in [5.41, 5.74) is 0.636. The lowest BCUT2D eigenvalue weighted by atomic mass is 10.2. The molecule has 2 aromatic carbocycles. The van der Waals surface area contributed by atoms with Crippen molar-refractivity contribution < 1.29 is 34.3 Å². The first-order chi connectivity index (χ1) is 11.0. The second-order valence-corrected chi connectivity index (χ2v) is 4.06. The SMILES string of the molecule is CC(=O)OO.O=C(OOC(=O)c1ccccc1)c1ccccc1. The van der Waals surface area contributed by atoms with E-state index in [1.54, 1.807) is 60.7 Å². The van der Waals surface area contributed by atoms with Gasteiger partial charge in [0.05, 0.1) is 11.1 Å². The lowest BCUT2D eigenvalue weighted by Crippen LogP contribution is -2.11. The predicted octanol–water partition coefficient (Wildman–Crippen LogP) is 2.64. The van der Waals surface area contributed by atoms with Crippen LogP contribution in [-0.2, 0) is 19.5 Å². The van der Waals surface area contributed by atoms with Gasteiger partial charge in [-0.05, 0) is 24.3 Å². The fraction of sp³-hybridized carbons (Fsp3) is 0.0625. The van der Waals surface area contributed by atoms with Gasteiger partial charge in [-0.1, -0.05) is 36.4 Å². The summed E-state index contributed by atoms with van der Waals surface area (Å²) in [6, 6.07) is 16.6. The van der Waals surface area contributed by atoms with E-state index in [4.69, 9.17) is 5.26 Å². The number of hydrogen-bond donors (Lipinski definition) is 1. The molecule has 2 rings (SSSR count). The predicted molar refractivity (Wildman–Crippen MR) is 78.1 cm³/mol. The molecule has 0 atom stereocenters. The third-order valence-corrected chi connectivity index (χ3v) is 2.34. The summed E-state index contributed by atoms with van der Waals surface area (Å²) in [5, 5.41) is 7.29. The monoisotopic (exact) mass is 318 g/mol. The van der Waals surface area contributed by atoms with E-state index >= 15 is 0 Å². The highest BCUT2D eigenvalue weighted by Crippen LogP contribution is 2.05. The molecular formula is C16H14O7. The van der Waals surface area contributed by atoms with Gasteiger partial charge in [-0.25, -0.2) is 24.2 Å². The van der Waals surface area contributed by atoms with Crippen LogP contribution in [0.5, 0.6) is 0 Å². The van der Waals surface area contributed by atoms with E-state index in [9.17, 15) is 14.4 Å². The zero-order chi connectivity index (χ0) is 17.1. The molecule has 0 aliphatic heterocycles. The number of benzene rings is 2. The van der Waals surface area contributed by atoms with Crippen molar-refractivity contribution in [1.29, 1.82) is 0 Å². The maximum atomic E-state index is 11.5. The van der Waals surface area contributed by atoms with Gasteiger partial charge >= 0.3 is 17.9 Å². The van der Waals surface area contributed by atoms with Gasteiger partial charge in [-0.3, -0.25) is 0 Å². The molecule has 0 aliphatic carbocycles. The van der Waals surface area contributed by atoms with Crippen LogP contribution in [0.2, 0.25) is 0 Å². The Labute approximate surface area is 131 Å². The molecule has 0 spiro atoms. The van der Waals surface area contributed by atoms with Crippen LogP contribution in [0.1, 0.15) is 27.6 Å². The number of carbonyl (C=O) groups excluding carboxylic acids is 3. The molecule has 7 heteroatoms. The maximum Gasteiger partial charge on any atom is 0.386 e. The highest BCUT2D eigenvalue weighted by Gasteiger charge is 2.12. The average Bonchev–Trinajstić information content (AvgIpc) is 2.61.